The fourth-order valence-electron chi connectivity index (χ4n) is 4.90. The predicted octanol–water partition coefficient (Wildman–Crippen LogP) is 2.92. The third-order valence-electron chi connectivity index (χ3n) is 6.42. The molecule has 0 N–H and O–H groups in total. The third kappa shape index (κ3) is 3.83. The summed E-state index contributed by atoms with van der Waals surface area (Å²) in [5.41, 5.74) is -0.155. The Bertz CT molecular complexity index is 1180. The van der Waals surface area contributed by atoms with Crippen LogP contribution in [-0.4, -0.2) is 61.9 Å². The number of amides is 1. The summed E-state index contributed by atoms with van der Waals surface area (Å²) in [5.74, 6) is -0.0375. The number of alkyl halides is 1. The van der Waals surface area contributed by atoms with E-state index in [-0.39, 0.29) is 23.3 Å². The summed E-state index contributed by atoms with van der Waals surface area (Å²) in [6, 6.07) is 4.45. The largest absolute Gasteiger partial charge is 0.340 e. The lowest BCUT2D eigenvalue weighted by Gasteiger charge is -2.24. The van der Waals surface area contributed by atoms with E-state index < -0.39 is 11.5 Å². The van der Waals surface area contributed by atoms with Gasteiger partial charge in [0.2, 0.25) is 5.95 Å². The van der Waals surface area contributed by atoms with Crippen LogP contribution in [0.2, 0.25) is 0 Å². The number of carbonyl (C=O) groups excluding carboxylic acids is 1. The van der Waals surface area contributed by atoms with E-state index in [1.54, 1.807) is 24.1 Å². The van der Waals surface area contributed by atoms with E-state index in [1.807, 2.05) is 4.90 Å². The van der Waals surface area contributed by atoms with Crippen LogP contribution in [0.15, 0.2) is 36.8 Å². The van der Waals surface area contributed by atoms with Crippen LogP contribution in [0.4, 0.5) is 14.7 Å². The zero-order valence-corrected chi connectivity index (χ0v) is 18.7. The lowest BCUT2D eigenvalue weighted by atomic mass is 10.0. The molecule has 0 saturated carbocycles. The van der Waals surface area contributed by atoms with Gasteiger partial charge in [0.15, 0.2) is 0 Å². The number of fused-ring (bicyclic) bond motifs is 1. The molecule has 0 radical (unpaired) electrons. The summed E-state index contributed by atoms with van der Waals surface area (Å²) < 4.78 is 29.3. The van der Waals surface area contributed by atoms with Gasteiger partial charge in [-0.05, 0) is 38.5 Å². The van der Waals surface area contributed by atoms with Crippen molar-refractivity contribution < 1.29 is 13.6 Å². The minimum atomic E-state index is -1.55. The van der Waals surface area contributed by atoms with Crippen molar-refractivity contribution in [1.29, 1.82) is 0 Å². The van der Waals surface area contributed by atoms with Crippen molar-refractivity contribution in [3.8, 4) is 5.69 Å². The van der Waals surface area contributed by atoms with Gasteiger partial charge >= 0.3 is 0 Å². The number of anilines is 1. The monoisotopic (exact) mass is 453 g/mol. The van der Waals surface area contributed by atoms with Gasteiger partial charge in [0.25, 0.3) is 5.91 Å². The van der Waals surface area contributed by atoms with E-state index in [1.165, 1.54) is 43.2 Å². The van der Waals surface area contributed by atoms with Gasteiger partial charge in [-0.25, -0.2) is 18.7 Å². The number of nitrogens with zero attached hydrogens (tertiary/aromatic N) is 7. The fourth-order valence-corrected chi connectivity index (χ4v) is 4.90. The van der Waals surface area contributed by atoms with Crippen LogP contribution >= 0.6 is 0 Å². The summed E-state index contributed by atoms with van der Waals surface area (Å²) in [4.78, 5) is 27.2. The van der Waals surface area contributed by atoms with E-state index >= 15 is 0 Å². The molecule has 2 saturated heterocycles. The molecule has 5 rings (SSSR count). The highest BCUT2D eigenvalue weighted by atomic mass is 19.1. The van der Waals surface area contributed by atoms with Gasteiger partial charge in [-0.1, -0.05) is 6.07 Å². The normalized spacial score (nSPS) is 20.4. The first kappa shape index (κ1) is 21.4. The average molecular weight is 453 g/mol. The molecule has 2 atom stereocenters. The van der Waals surface area contributed by atoms with E-state index in [2.05, 4.69) is 20.2 Å². The Morgan fingerprint density at radius 1 is 1.09 bits per heavy atom. The first-order chi connectivity index (χ1) is 15.7. The Kier molecular flexibility index (Phi) is 5.10. The van der Waals surface area contributed by atoms with Crippen molar-refractivity contribution in [2.45, 2.75) is 26.4 Å². The number of hydrogen-bond donors (Lipinski definition) is 0. The second kappa shape index (κ2) is 7.86. The van der Waals surface area contributed by atoms with Crippen LogP contribution in [0, 0.1) is 24.6 Å². The van der Waals surface area contributed by atoms with Crippen LogP contribution in [0.25, 0.3) is 5.69 Å². The number of hydrogen-bond acceptors (Lipinski definition) is 6. The summed E-state index contributed by atoms with van der Waals surface area (Å²) in [6.45, 7) is 7.12. The fraction of sp³-hybridized carbons (Fsp3) is 0.435. The van der Waals surface area contributed by atoms with Gasteiger partial charge in [0, 0.05) is 44.2 Å². The van der Waals surface area contributed by atoms with Gasteiger partial charge in [-0.3, -0.25) is 4.79 Å². The molecule has 33 heavy (non-hydrogen) atoms. The summed E-state index contributed by atoms with van der Waals surface area (Å²) in [5, 5.41) is 8.10. The second-order valence-electron chi connectivity index (χ2n) is 9.26. The lowest BCUT2D eigenvalue weighted by Crippen LogP contribution is -2.35. The van der Waals surface area contributed by atoms with Crippen molar-refractivity contribution >= 4 is 11.9 Å². The van der Waals surface area contributed by atoms with Gasteiger partial charge in [-0.2, -0.15) is 15.0 Å². The summed E-state index contributed by atoms with van der Waals surface area (Å²) in [6.07, 6.45) is 4.62. The zero-order valence-electron chi connectivity index (χ0n) is 18.7. The molecule has 0 bridgehead atoms. The van der Waals surface area contributed by atoms with E-state index in [9.17, 15) is 13.6 Å². The minimum absolute atomic E-state index is 0.0257. The molecule has 2 aliphatic rings. The Morgan fingerprint density at radius 3 is 2.39 bits per heavy atom. The van der Waals surface area contributed by atoms with Crippen molar-refractivity contribution in [3.05, 3.63) is 59.4 Å². The molecule has 2 aromatic heterocycles. The molecule has 1 aromatic carbocycles. The third-order valence-corrected chi connectivity index (χ3v) is 6.42. The Hall–Kier alpha value is -3.43. The van der Waals surface area contributed by atoms with Crippen LogP contribution in [0.3, 0.4) is 0 Å². The highest BCUT2D eigenvalue weighted by Gasteiger charge is 2.43. The summed E-state index contributed by atoms with van der Waals surface area (Å²) in [7, 11) is 0. The Labute approximate surface area is 190 Å². The summed E-state index contributed by atoms with van der Waals surface area (Å²) >= 11 is 0. The molecule has 10 heteroatoms. The maximum Gasteiger partial charge on any atom is 0.259 e. The molecule has 0 unspecified atom stereocenters. The van der Waals surface area contributed by atoms with E-state index in [0.717, 1.165) is 5.56 Å². The van der Waals surface area contributed by atoms with Crippen molar-refractivity contribution in [2.24, 2.45) is 11.8 Å². The molecule has 8 nitrogen and oxygen atoms in total. The Balaban J connectivity index is 1.33. The van der Waals surface area contributed by atoms with Crippen molar-refractivity contribution in [2.75, 3.05) is 31.1 Å². The van der Waals surface area contributed by atoms with Crippen molar-refractivity contribution in [1.82, 2.24) is 29.9 Å². The average Bonchev–Trinajstić information content (AvgIpc) is 3.49. The standard InChI is InChI=1S/C23H25F2N7O/c1-14-9-26-22(29-20(14)23(2,3)25)31-12-15-10-30(11-16(15)13-31)21(33)19-17(24)5-4-6-18(19)32-27-7-8-28-32/h4-9,15-16H,10-13H2,1-3H3/t15-,16+. The van der Waals surface area contributed by atoms with E-state index in [4.69, 9.17) is 0 Å². The predicted molar refractivity (Wildman–Crippen MR) is 117 cm³/mol. The zero-order chi connectivity index (χ0) is 23.3. The minimum Gasteiger partial charge on any atom is -0.340 e. The molecular formula is C23H25F2N7O. The van der Waals surface area contributed by atoms with Gasteiger partial charge in [0.1, 0.15) is 22.7 Å². The molecule has 172 valence electrons. The molecule has 4 heterocycles. The first-order valence-corrected chi connectivity index (χ1v) is 10.9. The SMILES string of the molecule is Cc1cnc(N2C[C@H]3CN(C(=O)c4c(F)cccc4-n4nccn4)C[C@H]3C2)nc1C(C)(C)F. The van der Waals surface area contributed by atoms with Gasteiger partial charge < -0.3 is 9.80 Å². The van der Waals surface area contributed by atoms with Crippen LogP contribution < -0.4 is 4.90 Å². The van der Waals surface area contributed by atoms with Crippen LogP contribution in [0.5, 0.6) is 0 Å². The number of rotatable bonds is 4. The number of likely N-dealkylation sites (tertiary alicyclic amines) is 1. The molecule has 1 amide bonds. The first-order valence-electron chi connectivity index (χ1n) is 10.9. The van der Waals surface area contributed by atoms with Gasteiger partial charge in [-0.15, -0.1) is 0 Å². The van der Waals surface area contributed by atoms with Crippen LogP contribution in [-0.2, 0) is 5.67 Å². The molecule has 3 aromatic rings. The van der Waals surface area contributed by atoms with Crippen LogP contribution in [0.1, 0.15) is 35.5 Å². The maximum atomic E-state index is 14.7. The number of halogens is 2. The highest BCUT2D eigenvalue weighted by Crippen LogP contribution is 2.35. The molecule has 2 fully saturated rings. The van der Waals surface area contributed by atoms with Gasteiger partial charge in [0.05, 0.1) is 18.1 Å². The maximum absolute atomic E-state index is 14.7. The molecule has 2 aliphatic heterocycles. The highest BCUT2D eigenvalue weighted by molar-refractivity contribution is 5.98. The second-order valence-corrected chi connectivity index (χ2v) is 9.26. The quantitative estimate of drug-likeness (QED) is 0.604. The molecule has 0 aliphatic carbocycles. The topological polar surface area (TPSA) is 80.0 Å². The molecular weight excluding hydrogens is 428 g/mol. The Morgan fingerprint density at radius 2 is 1.76 bits per heavy atom. The molecule has 0 spiro atoms. The van der Waals surface area contributed by atoms with E-state index in [0.29, 0.717) is 43.5 Å². The number of aryl methyl sites for hydroxylation is 1. The number of benzene rings is 1. The van der Waals surface area contributed by atoms with Crippen molar-refractivity contribution in [3.63, 3.8) is 0 Å². The number of carbonyl (C=O) groups is 1. The number of aromatic nitrogens is 5. The smallest absolute Gasteiger partial charge is 0.259 e. The lowest BCUT2D eigenvalue weighted by molar-refractivity contribution is 0.0777.